The number of carbonyl (C=O) groups excluding carboxylic acids is 2. The van der Waals surface area contributed by atoms with Crippen LogP contribution in [0.1, 0.15) is 51.4 Å². The van der Waals surface area contributed by atoms with Crippen molar-refractivity contribution in [1.82, 2.24) is 10.6 Å². The van der Waals surface area contributed by atoms with E-state index in [0.717, 1.165) is 38.5 Å². The molecule has 8 heteroatoms. The monoisotopic (exact) mass is 348 g/mol. The predicted octanol–water partition coefficient (Wildman–Crippen LogP) is -0.954. The van der Waals surface area contributed by atoms with Crippen LogP contribution in [0.25, 0.3) is 0 Å². The molecule has 0 aromatic heterocycles. The topological polar surface area (TPSA) is 139 Å². The lowest BCUT2D eigenvalue weighted by atomic mass is 10.1. The number of unbranched alkanes of at least 4 members (excludes halogenated alkanes) is 6. The number of carbonyl (C=O) groups is 2. The number of hydrogen-bond acceptors (Lipinski definition) is 6. The fourth-order valence-electron chi connectivity index (χ4n) is 2.10. The summed E-state index contributed by atoms with van der Waals surface area (Å²) in [6, 6.07) is 0. The maximum atomic E-state index is 11.7. The lowest BCUT2D eigenvalue weighted by Crippen LogP contribution is -2.49. The first-order valence-corrected chi connectivity index (χ1v) is 8.67. The molecule has 2 atom stereocenters. The molecule has 0 aliphatic carbocycles. The van der Waals surface area contributed by atoms with Crippen molar-refractivity contribution in [2.75, 3.05) is 26.3 Å². The van der Waals surface area contributed by atoms with E-state index in [1.165, 1.54) is 0 Å². The lowest BCUT2D eigenvalue weighted by molar-refractivity contribution is -0.146. The first-order valence-electron chi connectivity index (χ1n) is 8.67. The Morgan fingerprint density at radius 1 is 0.625 bits per heavy atom. The lowest BCUT2D eigenvalue weighted by Gasteiger charge is -2.17. The van der Waals surface area contributed by atoms with E-state index in [4.69, 9.17) is 10.2 Å². The SMILES string of the molecule is O=C(NCCCCCCO)C(O)C(O)C(=O)NCCCCCCO. The second-order valence-electron chi connectivity index (χ2n) is 5.75. The number of hydrogen-bond donors (Lipinski definition) is 6. The first kappa shape index (κ1) is 22.8. The van der Waals surface area contributed by atoms with Crippen molar-refractivity contribution >= 4 is 11.8 Å². The molecular formula is C16H32N2O6. The fraction of sp³-hybridized carbons (Fsp3) is 0.875. The summed E-state index contributed by atoms with van der Waals surface area (Å²) < 4.78 is 0. The van der Waals surface area contributed by atoms with Gasteiger partial charge in [-0.05, 0) is 25.7 Å². The van der Waals surface area contributed by atoms with Gasteiger partial charge >= 0.3 is 0 Å². The molecule has 0 rings (SSSR count). The molecular weight excluding hydrogens is 316 g/mol. The quantitative estimate of drug-likeness (QED) is 0.211. The molecule has 2 amide bonds. The molecule has 0 spiro atoms. The summed E-state index contributed by atoms with van der Waals surface area (Å²) in [6.45, 7) is 0.989. The van der Waals surface area contributed by atoms with Crippen LogP contribution in [-0.4, -0.2) is 70.8 Å². The van der Waals surface area contributed by atoms with Gasteiger partial charge in [-0.25, -0.2) is 0 Å². The smallest absolute Gasteiger partial charge is 0.252 e. The van der Waals surface area contributed by atoms with Gasteiger partial charge in [-0.2, -0.15) is 0 Å². The third-order valence-corrected chi connectivity index (χ3v) is 3.60. The Morgan fingerprint density at radius 2 is 0.958 bits per heavy atom. The van der Waals surface area contributed by atoms with Crippen molar-refractivity contribution in [2.24, 2.45) is 0 Å². The van der Waals surface area contributed by atoms with Gasteiger partial charge in [-0.15, -0.1) is 0 Å². The fourth-order valence-corrected chi connectivity index (χ4v) is 2.10. The second-order valence-corrected chi connectivity index (χ2v) is 5.75. The molecule has 0 saturated heterocycles. The van der Waals surface area contributed by atoms with Crippen LogP contribution in [0, 0.1) is 0 Å². The highest BCUT2D eigenvalue weighted by Gasteiger charge is 2.29. The van der Waals surface area contributed by atoms with E-state index in [9.17, 15) is 19.8 Å². The van der Waals surface area contributed by atoms with Gasteiger partial charge in [-0.3, -0.25) is 9.59 Å². The highest BCUT2D eigenvalue weighted by atomic mass is 16.3. The summed E-state index contributed by atoms with van der Waals surface area (Å²) in [6.07, 6.45) is 2.66. The van der Waals surface area contributed by atoms with Crippen LogP contribution >= 0.6 is 0 Å². The van der Waals surface area contributed by atoms with Crippen LogP contribution in [0.2, 0.25) is 0 Å². The van der Waals surface area contributed by atoms with Gasteiger partial charge in [0, 0.05) is 26.3 Å². The molecule has 0 heterocycles. The van der Waals surface area contributed by atoms with E-state index in [-0.39, 0.29) is 13.2 Å². The molecule has 142 valence electrons. The maximum absolute atomic E-state index is 11.7. The maximum Gasteiger partial charge on any atom is 0.252 e. The molecule has 0 aliphatic heterocycles. The molecule has 0 radical (unpaired) electrons. The van der Waals surface area contributed by atoms with E-state index >= 15 is 0 Å². The van der Waals surface area contributed by atoms with Gasteiger partial charge in [0.15, 0.2) is 12.2 Å². The van der Waals surface area contributed by atoms with Gasteiger partial charge in [-0.1, -0.05) is 25.7 Å². The molecule has 0 aliphatic rings. The minimum absolute atomic E-state index is 0.147. The number of aliphatic hydroxyl groups excluding tert-OH is 4. The molecule has 0 aromatic rings. The van der Waals surface area contributed by atoms with Crippen LogP contribution in [-0.2, 0) is 9.59 Å². The van der Waals surface area contributed by atoms with E-state index in [0.29, 0.717) is 25.9 Å². The third kappa shape index (κ3) is 11.3. The van der Waals surface area contributed by atoms with Gasteiger partial charge in [0.1, 0.15) is 0 Å². The zero-order valence-corrected chi connectivity index (χ0v) is 14.2. The van der Waals surface area contributed by atoms with Crippen LogP contribution in [0.15, 0.2) is 0 Å². The Morgan fingerprint density at radius 3 is 1.29 bits per heavy atom. The van der Waals surface area contributed by atoms with Crippen molar-refractivity contribution in [2.45, 2.75) is 63.6 Å². The molecule has 2 unspecified atom stereocenters. The number of aliphatic hydroxyl groups is 4. The Bertz CT molecular complexity index is 309. The van der Waals surface area contributed by atoms with Gasteiger partial charge in [0.05, 0.1) is 0 Å². The van der Waals surface area contributed by atoms with Crippen molar-refractivity contribution in [3.8, 4) is 0 Å². The predicted molar refractivity (Wildman–Crippen MR) is 89.1 cm³/mol. The summed E-state index contributed by atoms with van der Waals surface area (Å²) in [5.74, 6) is -1.55. The standard InChI is InChI=1S/C16H32N2O6/c19-11-7-3-1-5-9-17-15(23)13(21)14(22)16(24)18-10-6-2-4-8-12-20/h13-14,19-22H,1-12H2,(H,17,23)(H,18,24). The van der Waals surface area contributed by atoms with Crippen molar-refractivity contribution in [3.05, 3.63) is 0 Å². The van der Waals surface area contributed by atoms with Crippen LogP contribution in [0.4, 0.5) is 0 Å². The van der Waals surface area contributed by atoms with E-state index in [1.54, 1.807) is 0 Å². The highest BCUT2D eigenvalue weighted by molar-refractivity contribution is 5.90. The molecule has 0 saturated carbocycles. The van der Waals surface area contributed by atoms with Gasteiger partial charge in [0.25, 0.3) is 11.8 Å². The summed E-state index contributed by atoms with van der Waals surface area (Å²) >= 11 is 0. The zero-order chi connectivity index (χ0) is 18.2. The van der Waals surface area contributed by atoms with Crippen molar-refractivity contribution in [3.63, 3.8) is 0 Å². The van der Waals surface area contributed by atoms with Crippen LogP contribution < -0.4 is 10.6 Å². The Hall–Kier alpha value is -1.22. The Labute approximate surface area is 143 Å². The van der Waals surface area contributed by atoms with Gasteiger partial charge < -0.3 is 31.1 Å². The Kier molecular flexibility index (Phi) is 14.5. The molecule has 24 heavy (non-hydrogen) atoms. The van der Waals surface area contributed by atoms with Gasteiger partial charge in [0.2, 0.25) is 0 Å². The largest absolute Gasteiger partial charge is 0.396 e. The normalized spacial score (nSPS) is 13.3. The summed E-state index contributed by atoms with van der Waals surface area (Å²) in [4.78, 5) is 23.3. The summed E-state index contributed by atoms with van der Waals surface area (Å²) in [5, 5.41) is 41.6. The van der Waals surface area contributed by atoms with E-state index < -0.39 is 24.0 Å². The van der Waals surface area contributed by atoms with Crippen LogP contribution in [0.3, 0.4) is 0 Å². The zero-order valence-electron chi connectivity index (χ0n) is 14.2. The minimum atomic E-state index is -1.79. The molecule has 8 nitrogen and oxygen atoms in total. The average molecular weight is 348 g/mol. The molecule has 6 N–H and O–H groups in total. The second kappa shape index (κ2) is 15.3. The third-order valence-electron chi connectivity index (χ3n) is 3.60. The van der Waals surface area contributed by atoms with Crippen molar-refractivity contribution < 1.29 is 30.0 Å². The Balaban J connectivity index is 3.83. The molecule has 0 fully saturated rings. The summed E-state index contributed by atoms with van der Waals surface area (Å²) in [5.41, 5.74) is 0. The summed E-state index contributed by atoms with van der Waals surface area (Å²) in [7, 11) is 0. The average Bonchev–Trinajstić information content (AvgIpc) is 2.59. The van der Waals surface area contributed by atoms with Crippen molar-refractivity contribution in [1.29, 1.82) is 0 Å². The first-order chi connectivity index (χ1) is 11.5. The highest BCUT2D eigenvalue weighted by Crippen LogP contribution is 2.00. The van der Waals surface area contributed by atoms with E-state index in [2.05, 4.69) is 10.6 Å². The minimum Gasteiger partial charge on any atom is -0.396 e. The van der Waals surface area contributed by atoms with Crippen LogP contribution in [0.5, 0.6) is 0 Å². The number of rotatable bonds is 15. The molecule has 0 bridgehead atoms. The van der Waals surface area contributed by atoms with E-state index in [1.807, 2.05) is 0 Å². The number of amides is 2. The molecule has 0 aromatic carbocycles. The number of nitrogens with one attached hydrogen (secondary N) is 2.